The van der Waals surface area contributed by atoms with Gasteiger partial charge in [-0.1, -0.05) is 38.8 Å². The van der Waals surface area contributed by atoms with Crippen LogP contribution in [0.15, 0.2) is 6.20 Å². The van der Waals surface area contributed by atoms with Gasteiger partial charge in [0.2, 0.25) is 0 Å². The minimum absolute atomic E-state index is 0.283. The third-order valence-corrected chi connectivity index (χ3v) is 4.12. The Bertz CT molecular complexity index is 415. The maximum Gasteiger partial charge on any atom is 0.0832 e. The highest BCUT2D eigenvalue weighted by Crippen LogP contribution is 2.18. The van der Waals surface area contributed by atoms with Crippen molar-refractivity contribution >= 4 is 0 Å². The first-order valence-corrected chi connectivity index (χ1v) is 8.85. The van der Waals surface area contributed by atoms with E-state index in [4.69, 9.17) is 0 Å². The zero-order chi connectivity index (χ0) is 15.8. The maximum atomic E-state index is 4.28. The van der Waals surface area contributed by atoms with Gasteiger partial charge in [0, 0.05) is 38.9 Å². The van der Waals surface area contributed by atoms with Crippen molar-refractivity contribution < 1.29 is 0 Å². The average Bonchev–Trinajstić information content (AvgIpc) is 2.89. The van der Waals surface area contributed by atoms with E-state index in [1.165, 1.54) is 45.3 Å². The molecule has 2 rings (SSSR count). The molecule has 0 amide bonds. The summed E-state index contributed by atoms with van der Waals surface area (Å²) in [6, 6.07) is 0. The summed E-state index contributed by atoms with van der Waals surface area (Å²) in [5.41, 5.74) is 1.40. The smallest absolute Gasteiger partial charge is 0.0832 e. The highest BCUT2D eigenvalue weighted by Gasteiger charge is 2.13. The van der Waals surface area contributed by atoms with Crippen molar-refractivity contribution in [1.29, 1.82) is 0 Å². The Morgan fingerprint density at radius 2 is 1.73 bits per heavy atom. The third kappa shape index (κ3) is 6.88. The van der Waals surface area contributed by atoms with Gasteiger partial charge in [0.15, 0.2) is 0 Å². The largest absolute Gasteiger partial charge is 0.314 e. The lowest BCUT2D eigenvalue weighted by Crippen LogP contribution is -2.43. The summed E-state index contributed by atoms with van der Waals surface area (Å²) in [5.74, 6) is 0. The Kier molecular flexibility index (Phi) is 6.83. The predicted molar refractivity (Wildman–Crippen MR) is 91.0 cm³/mol. The van der Waals surface area contributed by atoms with Gasteiger partial charge >= 0.3 is 0 Å². The van der Waals surface area contributed by atoms with Crippen molar-refractivity contribution in [3.05, 3.63) is 11.9 Å². The van der Waals surface area contributed by atoms with Crippen LogP contribution in [-0.2, 0) is 13.0 Å². The molecule has 1 aromatic rings. The Hall–Kier alpha value is -0.940. The summed E-state index contributed by atoms with van der Waals surface area (Å²) in [5, 5.41) is 11.9. The van der Waals surface area contributed by atoms with Crippen LogP contribution in [-0.4, -0.2) is 52.6 Å². The Labute approximate surface area is 135 Å². The summed E-state index contributed by atoms with van der Waals surface area (Å²) < 4.78 is 2.01. The van der Waals surface area contributed by atoms with E-state index in [1.54, 1.807) is 0 Å². The fourth-order valence-electron chi connectivity index (χ4n) is 2.97. The van der Waals surface area contributed by atoms with E-state index in [0.717, 1.165) is 31.7 Å². The first-order valence-electron chi connectivity index (χ1n) is 8.85. The van der Waals surface area contributed by atoms with Crippen LogP contribution in [0.4, 0.5) is 0 Å². The molecule has 1 aromatic heterocycles. The van der Waals surface area contributed by atoms with Crippen molar-refractivity contribution in [2.45, 2.75) is 59.4 Å². The monoisotopic (exact) mass is 307 g/mol. The molecule has 0 unspecified atom stereocenters. The molecule has 0 atom stereocenters. The molecule has 1 N–H and O–H groups in total. The lowest BCUT2D eigenvalue weighted by molar-refractivity contribution is 0.235. The fourth-order valence-corrected chi connectivity index (χ4v) is 2.97. The number of nitrogens with zero attached hydrogens (tertiary/aromatic N) is 4. The topological polar surface area (TPSA) is 46.0 Å². The van der Waals surface area contributed by atoms with E-state index >= 15 is 0 Å². The van der Waals surface area contributed by atoms with Crippen LogP contribution in [0.2, 0.25) is 0 Å². The highest BCUT2D eigenvalue weighted by molar-refractivity contribution is 4.95. The number of aryl methyl sites for hydroxylation is 1. The molecule has 1 aliphatic heterocycles. The molecule has 1 saturated heterocycles. The van der Waals surface area contributed by atoms with Gasteiger partial charge in [-0.3, -0.25) is 4.68 Å². The van der Waals surface area contributed by atoms with E-state index in [-0.39, 0.29) is 5.41 Å². The Morgan fingerprint density at radius 1 is 1.05 bits per heavy atom. The van der Waals surface area contributed by atoms with Crippen LogP contribution in [0, 0.1) is 5.41 Å². The number of aromatic nitrogens is 3. The number of unbranched alkanes of at least 4 members (excludes halogenated alkanes) is 3. The van der Waals surface area contributed by atoms with Gasteiger partial charge in [0.1, 0.15) is 0 Å². The van der Waals surface area contributed by atoms with Crippen molar-refractivity contribution in [1.82, 2.24) is 25.2 Å². The lowest BCUT2D eigenvalue weighted by atomic mass is 9.91. The molecule has 5 nitrogen and oxygen atoms in total. The summed E-state index contributed by atoms with van der Waals surface area (Å²) in [6.45, 7) is 13.7. The summed E-state index contributed by atoms with van der Waals surface area (Å²) >= 11 is 0. The van der Waals surface area contributed by atoms with Gasteiger partial charge in [0.25, 0.3) is 0 Å². The van der Waals surface area contributed by atoms with Gasteiger partial charge in [-0.25, -0.2) is 0 Å². The molecule has 0 aliphatic carbocycles. The van der Waals surface area contributed by atoms with Crippen molar-refractivity contribution in [2.24, 2.45) is 5.41 Å². The molecule has 0 bridgehead atoms. The average molecular weight is 307 g/mol. The highest BCUT2D eigenvalue weighted by atomic mass is 15.4. The summed E-state index contributed by atoms with van der Waals surface area (Å²) in [6.07, 6.45) is 8.27. The molecule has 1 aliphatic rings. The van der Waals surface area contributed by atoms with Gasteiger partial charge in [-0.05, 0) is 31.2 Å². The first-order chi connectivity index (χ1) is 10.5. The quantitative estimate of drug-likeness (QED) is 0.749. The molecular formula is C17H33N5. The molecule has 0 saturated carbocycles. The molecule has 2 heterocycles. The Morgan fingerprint density at radius 3 is 2.41 bits per heavy atom. The second kappa shape index (κ2) is 8.63. The second-order valence-electron chi connectivity index (χ2n) is 7.72. The van der Waals surface area contributed by atoms with E-state index in [2.05, 4.69) is 47.5 Å². The summed E-state index contributed by atoms with van der Waals surface area (Å²) in [4.78, 5) is 2.58. The van der Waals surface area contributed by atoms with Gasteiger partial charge in [0.05, 0.1) is 5.69 Å². The number of hydrogen-bond donors (Lipinski definition) is 1. The van der Waals surface area contributed by atoms with Crippen molar-refractivity contribution in [3.63, 3.8) is 0 Å². The van der Waals surface area contributed by atoms with E-state index in [9.17, 15) is 0 Å². The van der Waals surface area contributed by atoms with Gasteiger partial charge < -0.3 is 10.2 Å². The van der Waals surface area contributed by atoms with E-state index in [0.29, 0.717) is 0 Å². The minimum atomic E-state index is 0.283. The molecule has 0 spiro atoms. The normalized spacial score (nSPS) is 17.0. The van der Waals surface area contributed by atoms with Crippen LogP contribution in [0.3, 0.4) is 0 Å². The standard InChI is InChI=1S/C17H33N5/c1-17(2,3)14-16-15-22(20-19-16)11-7-5-4-6-10-21-12-8-18-9-13-21/h15,18H,4-14H2,1-3H3. The molecular weight excluding hydrogens is 274 g/mol. The van der Waals surface area contributed by atoms with Crippen molar-refractivity contribution in [3.8, 4) is 0 Å². The fraction of sp³-hybridized carbons (Fsp3) is 0.882. The third-order valence-electron chi connectivity index (χ3n) is 4.12. The zero-order valence-electron chi connectivity index (χ0n) is 14.6. The number of hydrogen-bond acceptors (Lipinski definition) is 4. The molecule has 0 aromatic carbocycles. The van der Waals surface area contributed by atoms with Crippen LogP contribution in [0.1, 0.15) is 52.1 Å². The maximum absolute atomic E-state index is 4.28. The summed E-state index contributed by atoms with van der Waals surface area (Å²) in [7, 11) is 0. The SMILES string of the molecule is CC(C)(C)Cc1cn(CCCCCCN2CCNCC2)nn1. The molecule has 22 heavy (non-hydrogen) atoms. The Balaban J connectivity index is 1.53. The van der Waals surface area contributed by atoms with Crippen LogP contribution < -0.4 is 5.32 Å². The van der Waals surface area contributed by atoms with Gasteiger partial charge in [-0.2, -0.15) is 0 Å². The van der Waals surface area contributed by atoms with Crippen LogP contribution in [0.5, 0.6) is 0 Å². The van der Waals surface area contributed by atoms with Gasteiger partial charge in [-0.15, -0.1) is 5.10 Å². The molecule has 1 fully saturated rings. The zero-order valence-corrected chi connectivity index (χ0v) is 14.6. The van der Waals surface area contributed by atoms with Crippen LogP contribution >= 0.6 is 0 Å². The molecule has 126 valence electrons. The molecule has 5 heteroatoms. The second-order valence-corrected chi connectivity index (χ2v) is 7.72. The number of rotatable bonds is 8. The van der Waals surface area contributed by atoms with E-state index < -0.39 is 0 Å². The van der Waals surface area contributed by atoms with Crippen molar-refractivity contribution in [2.75, 3.05) is 32.7 Å². The predicted octanol–water partition coefficient (Wildman–Crippen LogP) is 2.33. The minimum Gasteiger partial charge on any atom is -0.314 e. The number of piperazine rings is 1. The number of nitrogens with one attached hydrogen (secondary N) is 1. The lowest BCUT2D eigenvalue weighted by Gasteiger charge is -2.26. The molecule has 0 radical (unpaired) electrons. The van der Waals surface area contributed by atoms with E-state index in [1.807, 2.05) is 4.68 Å². The van der Waals surface area contributed by atoms with Crippen LogP contribution in [0.25, 0.3) is 0 Å². The first kappa shape index (κ1) is 17.4.